The number of benzene rings is 2. The molecule has 0 amide bonds. The van der Waals surface area contributed by atoms with Crippen molar-refractivity contribution in [2.24, 2.45) is 0 Å². The van der Waals surface area contributed by atoms with Gasteiger partial charge in [-0.25, -0.2) is 22.4 Å². The molecule has 2 aliphatic heterocycles. The minimum atomic E-state index is -1.84. The van der Waals surface area contributed by atoms with Crippen LogP contribution in [0.5, 0.6) is 5.75 Å². The molecule has 2 aromatic carbocycles. The highest BCUT2D eigenvalue weighted by atomic mass is 19.1. The molecule has 3 heterocycles. The number of halogens is 4. The maximum atomic E-state index is 16.0. The summed E-state index contributed by atoms with van der Waals surface area (Å²) in [6.07, 6.45) is -0.330. The van der Waals surface area contributed by atoms with E-state index in [1.165, 1.54) is 0 Å². The monoisotopic (exact) mass is 463 g/mol. The van der Waals surface area contributed by atoms with E-state index < -0.39 is 51.5 Å². The second-order valence-electron chi connectivity index (χ2n) is 8.01. The van der Waals surface area contributed by atoms with Gasteiger partial charge in [-0.05, 0) is 24.6 Å². The van der Waals surface area contributed by atoms with Crippen molar-refractivity contribution in [3.8, 4) is 11.4 Å². The molecule has 33 heavy (non-hydrogen) atoms. The summed E-state index contributed by atoms with van der Waals surface area (Å²) in [6, 6.07) is 3.14. The number of anilines is 1. The van der Waals surface area contributed by atoms with Gasteiger partial charge in [-0.2, -0.15) is 0 Å². The molecular weight excluding hydrogens is 446 g/mol. The first-order chi connectivity index (χ1) is 15.7. The Bertz CT molecular complexity index is 1360. The normalized spacial score (nSPS) is 19.8. The summed E-state index contributed by atoms with van der Waals surface area (Å²) in [4.78, 5) is 27.6. The number of nitrogens with zero attached hydrogens (tertiary/aromatic N) is 3. The molecule has 1 N–H and O–H groups in total. The van der Waals surface area contributed by atoms with E-state index in [1.54, 1.807) is 4.90 Å². The number of ether oxygens (including phenoxy) is 1. The molecule has 2 unspecified atom stereocenters. The third kappa shape index (κ3) is 3.48. The van der Waals surface area contributed by atoms with Crippen molar-refractivity contribution in [1.29, 1.82) is 0 Å². The molecule has 7 nitrogen and oxygen atoms in total. The summed E-state index contributed by atoms with van der Waals surface area (Å²) in [5.74, 6) is -4.88. The van der Waals surface area contributed by atoms with E-state index in [0.29, 0.717) is 32.1 Å². The van der Waals surface area contributed by atoms with Crippen molar-refractivity contribution >= 4 is 22.7 Å². The maximum Gasteiger partial charge on any atom is 0.511 e. The highest BCUT2D eigenvalue weighted by Gasteiger charge is 2.36. The number of piperazine rings is 1. The number of carboxylic acid groups (broad SMARTS) is 1. The van der Waals surface area contributed by atoms with Crippen LogP contribution < -0.4 is 15.1 Å². The molecule has 2 atom stereocenters. The van der Waals surface area contributed by atoms with Gasteiger partial charge in [0.2, 0.25) is 5.43 Å². The average molecular weight is 463 g/mol. The lowest BCUT2D eigenvalue weighted by Gasteiger charge is -2.36. The van der Waals surface area contributed by atoms with Crippen LogP contribution in [-0.2, 0) is 0 Å². The predicted molar refractivity (Wildman–Crippen MR) is 110 cm³/mol. The van der Waals surface area contributed by atoms with E-state index in [2.05, 4.69) is 9.64 Å². The van der Waals surface area contributed by atoms with Gasteiger partial charge in [0.25, 0.3) is 0 Å². The Labute approximate surface area is 184 Å². The minimum absolute atomic E-state index is 0.127. The summed E-state index contributed by atoms with van der Waals surface area (Å²) in [5.41, 5.74) is -2.28. The van der Waals surface area contributed by atoms with Gasteiger partial charge in [-0.15, -0.1) is 0 Å². The second-order valence-corrected chi connectivity index (χ2v) is 8.01. The fraction of sp³-hybridized carbons (Fsp3) is 0.273. The highest BCUT2D eigenvalue weighted by molar-refractivity contribution is 5.87. The molecule has 2 bridgehead atoms. The largest absolute Gasteiger partial charge is 0.511 e. The van der Waals surface area contributed by atoms with Crippen LogP contribution in [0.4, 0.5) is 28.0 Å². The van der Waals surface area contributed by atoms with Crippen molar-refractivity contribution < 1.29 is 32.2 Å². The zero-order chi connectivity index (χ0) is 23.4. The Balaban J connectivity index is 1.82. The van der Waals surface area contributed by atoms with Crippen LogP contribution in [0.3, 0.4) is 0 Å². The molecule has 5 rings (SSSR count). The summed E-state index contributed by atoms with van der Waals surface area (Å²) in [5, 5.41) is 8.41. The van der Waals surface area contributed by atoms with Crippen LogP contribution in [-0.4, -0.2) is 52.9 Å². The van der Waals surface area contributed by atoms with E-state index in [4.69, 9.17) is 5.11 Å². The van der Waals surface area contributed by atoms with Crippen LogP contribution in [0.2, 0.25) is 0 Å². The molecule has 2 saturated heterocycles. The van der Waals surface area contributed by atoms with Crippen molar-refractivity contribution in [2.75, 3.05) is 31.1 Å². The fourth-order valence-corrected chi connectivity index (χ4v) is 4.67. The van der Waals surface area contributed by atoms with Gasteiger partial charge in [0.05, 0.1) is 22.8 Å². The number of carbonyl (C=O) groups is 1. The smallest absolute Gasteiger partial charge is 0.449 e. The number of aromatic nitrogens is 1. The topological polar surface area (TPSA) is 75.0 Å². The van der Waals surface area contributed by atoms with Gasteiger partial charge in [0, 0.05) is 38.3 Å². The van der Waals surface area contributed by atoms with Gasteiger partial charge in [0.15, 0.2) is 11.6 Å². The maximum absolute atomic E-state index is 16.0. The molecule has 0 spiro atoms. The quantitative estimate of drug-likeness (QED) is 0.474. The molecule has 0 saturated carbocycles. The number of hydrogen-bond donors (Lipinski definition) is 1. The van der Waals surface area contributed by atoms with Gasteiger partial charge < -0.3 is 19.3 Å². The number of hydrogen-bond acceptors (Lipinski definition) is 5. The Kier molecular flexibility index (Phi) is 5.00. The lowest BCUT2D eigenvalue weighted by molar-refractivity contribution is 0.144. The molecule has 3 aromatic rings. The lowest BCUT2D eigenvalue weighted by Crippen LogP contribution is -2.47. The van der Waals surface area contributed by atoms with Crippen LogP contribution in [0, 0.1) is 23.3 Å². The zero-order valence-corrected chi connectivity index (χ0v) is 17.0. The molecule has 0 radical (unpaired) electrons. The number of pyridine rings is 1. The van der Waals surface area contributed by atoms with Crippen molar-refractivity contribution in [3.63, 3.8) is 0 Å². The molecule has 11 heteroatoms. The molecule has 1 aromatic heterocycles. The van der Waals surface area contributed by atoms with E-state index in [1.807, 2.05) is 0 Å². The van der Waals surface area contributed by atoms with Gasteiger partial charge in [0.1, 0.15) is 23.1 Å². The van der Waals surface area contributed by atoms with Crippen molar-refractivity contribution in [1.82, 2.24) is 9.47 Å². The van der Waals surface area contributed by atoms with E-state index >= 15 is 8.78 Å². The van der Waals surface area contributed by atoms with E-state index in [-0.39, 0.29) is 17.4 Å². The molecule has 172 valence electrons. The standard InChI is InChI=1S/C22H17F4N3O4/c23-11-1-2-16(14(24)7-11)29-10-17(33-22(31)32)21(30)13-8-15(25)20(18(26)19(13)29)28-6-5-27-4-3-12(28)9-27/h1-2,7-8,10,12H,3-6,9H2,(H,31,32). The minimum Gasteiger partial charge on any atom is -0.449 e. The Morgan fingerprint density at radius 2 is 1.85 bits per heavy atom. The molecule has 2 aliphatic rings. The summed E-state index contributed by atoms with van der Waals surface area (Å²) in [7, 11) is 0. The Morgan fingerprint density at radius 1 is 1.06 bits per heavy atom. The lowest BCUT2D eigenvalue weighted by atomic mass is 10.1. The van der Waals surface area contributed by atoms with Gasteiger partial charge in [-0.1, -0.05) is 0 Å². The third-order valence-corrected chi connectivity index (χ3v) is 6.12. The van der Waals surface area contributed by atoms with E-state index in [0.717, 1.165) is 35.5 Å². The third-order valence-electron chi connectivity index (χ3n) is 6.12. The second kappa shape index (κ2) is 7.77. The first kappa shape index (κ1) is 21.3. The Morgan fingerprint density at radius 3 is 2.58 bits per heavy atom. The van der Waals surface area contributed by atoms with Crippen LogP contribution in [0.15, 0.2) is 35.3 Å². The van der Waals surface area contributed by atoms with Crippen LogP contribution >= 0.6 is 0 Å². The molecular formula is C22H17F4N3O4. The highest BCUT2D eigenvalue weighted by Crippen LogP contribution is 2.36. The number of fused-ring (bicyclic) bond motifs is 3. The van der Waals surface area contributed by atoms with Gasteiger partial charge in [-0.3, -0.25) is 9.69 Å². The average Bonchev–Trinajstić information content (AvgIpc) is 3.13. The van der Waals surface area contributed by atoms with E-state index in [9.17, 15) is 18.4 Å². The molecule has 2 fully saturated rings. The summed E-state index contributed by atoms with van der Waals surface area (Å²) >= 11 is 0. The SMILES string of the molecule is O=C(O)Oc1cn(-c2ccc(F)cc2F)c2c(F)c(N3CCN4CCC3C4)c(F)cc2c1=O. The van der Waals surface area contributed by atoms with Crippen molar-refractivity contribution in [2.45, 2.75) is 12.5 Å². The van der Waals surface area contributed by atoms with Crippen LogP contribution in [0.25, 0.3) is 16.6 Å². The first-order valence-electron chi connectivity index (χ1n) is 10.2. The fourth-order valence-electron chi connectivity index (χ4n) is 4.67. The molecule has 0 aliphatic carbocycles. The Hall–Kier alpha value is -3.60. The predicted octanol–water partition coefficient (Wildman–Crippen LogP) is 3.50. The summed E-state index contributed by atoms with van der Waals surface area (Å²) < 4.78 is 64.6. The first-order valence-corrected chi connectivity index (χ1v) is 10.2. The van der Waals surface area contributed by atoms with Gasteiger partial charge >= 0.3 is 6.16 Å². The summed E-state index contributed by atoms with van der Waals surface area (Å²) in [6.45, 7) is 2.42. The van der Waals surface area contributed by atoms with Crippen molar-refractivity contribution in [3.05, 3.63) is 64.0 Å². The number of rotatable bonds is 3. The zero-order valence-electron chi connectivity index (χ0n) is 17.0. The van der Waals surface area contributed by atoms with Crippen LogP contribution in [0.1, 0.15) is 6.42 Å².